The number of hydrogen-bond donors (Lipinski definition) is 1. The van der Waals surface area contributed by atoms with Gasteiger partial charge in [0, 0.05) is 6.26 Å². The summed E-state index contributed by atoms with van der Waals surface area (Å²) in [6.07, 6.45) is 2.16. The van der Waals surface area contributed by atoms with E-state index in [0.717, 1.165) is 29.4 Å². The molecule has 0 saturated heterocycles. The summed E-state index contributed by atoms with van der Waals surface area (Å²) >= 11 is 7.13. The number of benzene rings is 2. The Morgan fingerprint density at radius 2 is 1.85 bits per heavy atom. The Labute approximate surface area is 204 Å². The van der Waals surface area contributed by atoms with E-state index in [2.05, 4.69) is 20.3 Å². The fourth-order valence-corrected chi connectivity index (χ4v) is 6.08. The molecule has 2 heterocycles. The molecular weight excluding hydrogens is 520 g/mol. The number of sulfone groups is 2. The third-order valence-corrected chi connectivity index (χ3v) is 8.45. The zero-order chi connectivity index (χ0) is 24.7. The molecule has 0 bridgehead atoms. The van der Waals surface area contributed by atoms with E-state index in [9.17, 15) is 21.6 Å². The second-order valence-corrected chi connectivity index (χ2v) is 12.8. The van der Waals surface area contributed by atoms with Crippen LogP contribution >= 0.6 is 22.9 Å². The highest BCUT2D eigenvalue weighted by atomic mass is 35.5. The number of hydrogen-bond acceptors (Lipinski definition) is 9. The molecule has 0 atom stereocenters. The Balaban J connectivity index is 1.61. The monoisotopic (exact) mass is 536 g/mol. The van der Waals surface area contributed by atoms with E-state index in [1.54, 1.807) is 18.2 Å². The van der Waals surface area contributed by atoms with Crippen LogP contribution in [0.3, 0.4) is 0 Å². The molecule has 0 radical (unpaired) electrons. The maximum Gasteiger partial charge on any atom is 0.277 e. The average molecular weight is 537 g/mol. The number of fused-ring (bicyclic) bond motifs is 1. The molecule has 2 aromatic heterocycles. The van der Waals surface area contributed by atoms with Crippen molar-refractivity contribution in [1.29, 1.82) is 0 Å². The lowest BCUT2D eigenvalue weighted by Crippen LogP contribution is -2.18. The number of carbonyl (C=O) groups is 1. The minimum Gasteiger partial charge on any atom is -0.296 e. The van der Waals surface area contributed by atoms with Crippen molar-refractivity contribution in [1.82, 2.24) is 15.0 Å². The van der Waals surface area contributed by atoms with Gasteiger partial charge in [0.25, 0.3) is 5.91 Å². The van der Waals surface area contributed by atoms with Gasteiger partial charge in [0.05, 0.1) is 32.1 Å². The Bertz CT molecular complexity index is 1650. The van der Waals surface area contributed by atoms with E-state index in [4.69, 9.17) is 11.6 Å². The fourth-order valence-electron chi connectivity index (χ4n) is 3.09. The van der Waals surface area contributed by atoms with Gasteiger partial charge in [-0.2, -0.15) is 0 Å². The Morgan fingerprint density at radius 1 is 1.09 bits per heavy atom. The molecule has 0 aliphatic carbocycles. The summed E-state index contributed by atoms with van der Waals surface area (Å²) in [5, 5.41) is 2.05. The van der Waals surface area contributed by atoms with Crippen LogP contribution in [0.2, 0.25) is 5.02 Å². The van der Waals surface area contributed by atoms with Crippen LogP contribution in [0.15, 0.2) is 58.7 Å². The number of nitrogens with one attached hydrogen (secondary N) is 1. The molecule has 176 valence electrons. The summed E-state index contributed by atoms with van der Waals surface area (Å²) in [6.45, 7) is 1.85. The summed E-state index contributed by atoms with van der Waals surface area (Å²) in [4.78, 5) is 24.9. The van der Waals surface area contributed by atoms with Crippen molar-refractivity contribution >= 4 is 63.9 Å². The van der Waals surface area contributed by atoms with Gasteiger partial charge in [-0.25, -0.2) is 31.8 Å². The first kappa shape index (κ1) is 24.2. The lowest BCUT2D eigenvalue weighted by atomic mass is 10.2. The molecule has 9 nitrogen and oxygen atoms in total. The second kappa shape index (κ2) is 9.02. The average Bonchev–Trinajstić information content (AvgIpc) is 3.14. The highest BCUT2D eigenvalue weighted by Crippen LogP contribution is 2.29. The van der Waals surface area contributed by atoms with Crippen LogP contribution in [-0.4, -0.2) is 44.0 Å². The minimum absolute atomic E-state index is 0.129. The van der Waals surface area contributed by atoms with Crippen molar-refractivity contribution in [2.24, 2.45) is 0 Å². The van der Waals surface area contributed by atoms with E-state index < -0.39 is 30.7 Å². The van der Waals surface area contributed by atoms with Gasteiger partial charge in [-0.3, -0.25) is 10.1 Å². The van der Waals surface area contributed by atoms with Gasteiger partial charge in [0.2, 0.25) is 15.0 Å². The predicted octanol–water partition coefficient (Wildman–Crippen LogP) is 3.68. The summed E-state index contributed by atoms with van der Waals surface area (Å²) < 4.78 is 49.7. The standard InChI is InChI=1S/C21H17ClN4O5S3/c1-12-4-3-5-13(8-12)11-34(30,31)21-23-10-15(22)18(25-21)19(27)26-20-24-16-7-6-14(33(2,28)29)9-17(16)32-20/h3-10H,11H2,1-2H3,(H,24,26,27). The molecular formula is C21H17ClN4O5S3. The van der Waals surface area contributed by atoms with Crippen LogP contribution in [0.4, 0.5) is 5.13 Å². The lowest BCUT2D eigenvalue weighted by molar-refractivity contribution is 0.102. The Kier molecular flexibility index (Phi) is 6.42. The number of thiazole rings is 1. The minimum atomic E-state index is -3.95. The molecule has 1 amide bonds. The molecule has 13 heteroatoms. The van der Waals surface area contributed by atoms with E-state index in [1.165, 1.54) is 18.2 Å². The first-order valence-electron chi connectivity index (χ1n) is 9.65. The van der Waals surface area contributed by atoms with E-state index >= 15 is 0 Å². The van der Waals surface area contributed by atoms with Gasteiger partial charge in [-0.05, 0) is 30.7 Å². The molecule has 34 heavy (non-hydrogen) atoms. The SMILES string of the molecule is Cc1cccc(CS(=O)(=O)c2ncc(Cl)c(C(=O)Nc3nc4ccc(S(C)(=O)=O)cc4s3)n2)c1. The zero-order valence-electron chi connectivity index (χ0n) is 17.8. The van der Waals surface area contributed by atoms with Crippen LogP contribution in [-0.2, 0) is 25.4 Å². The molecule has 4 aromatic rings. The topological polar surface area (TPSA) is 136 Å². The zero-order valence-corrected chi connectivity index (χ0v) is 21.0. The summed E-state index contributed by atoms with van der Waals surface area (Å²) in [5.41, 5.74) is 1.63. The first-order chi connectivity index (χ1) is 15.9. The number of anilines is 1. The number of nitrogens with zero attached hydrogens (tertiary/aromatic N) is 3. The number of amides is 1. The highest BCUT2D eigenvalue weighted by Gasteiger charge is 2.24. The van der Waals surface area contributed by atoms with Gasteiger partial charge in [0.15, 0.2) is 20.7 Å². The second-order valence-electron chi connectivity index (χ2n) is 7.47. The summed E-state index contributed by atoms with van der Waals surface area (Å²) in [6, 6.07) is 11.4. The molecule has 0 spiro atoms. The maximum absolute atomic E-state index is 12.8. The molecule has 2 aromatic carbocycles. The van der Waals surface area contributed by atoms with Crippen LogP contribution < -0.4 is 5.32 Å². The molecule has 1 N–H and O–H groups in total. The normalized spacial score (nSPS) is 12.1. The first-order valence-corrected chi connectivity index (χ1v) is 14.4. The van der Waals surface area contributed by atoms with Crippen molar-refractivity contribution in [3.05, 3.63) is 70.5 Å². The third-order valence-electron chi connectivity index (χ3n) is 4.66. The van der Waals surface area contributed by atoms with Gasteiger partial charge in [-0.15, -0.1) is 0 Å². The lowest BCUT2D eigenvalue weighted by Gasteiger charge is -2.07. The van der Waals surface area contributed by atoms with Crippen molar-refractivity contribution in [3.63, 3.8) is 0 Å². The largest absolute Gasteiger partial charge is 0.296 e. The fraction of sp³-hybridized carbons (Fsp3) is 0.143. The molecule has 0 aliphatic heterocycles. The number of aryl methyl sites for hydroxylation is 1. The number of rotatable bonds is 6. The molecule has 0 saturated carbocycles. The molecule has 0 unspecified atom stereocenters. The van der Waals surface area contributed by atoms with Crippen LogP contribution in [0, 0.1) is 6.92 Å². The van der Waals surface area contributed by atoms with Gasteiger partial charge in [-0.1, -0.05) is 52.8 Å². The smallest absolute Gasteiger partial charge is 0.277 e. The van der Waals surface area contributed by atoms with Gasteiger partial charge in [0.1, 0.15) is 0 Å². The number of carbonyl (C=O) groups excluding carboxylic acids is 1. The maximum atomic E-state index is 12.8. The van der Waals surface area contributed by atoms with Crippen molar-refractivity contribution in [2.45, 2.75) is 22.7 Å². The highest BCUT2D eigenvalue weighted by molar-refractivity contribution is 7.90. The van der Waals surface area contributed by atoms with Gasteiger partial charge < -0.3 is 0 Å². The van der Waals surface area contributed by atoms with Gasteiger partial charge >= 0.3 is 0 Å². The van der Waals surface area contributed by atoms with E-state index in [-0.39, 0.29) is 26.5 Å². The molecule has 0 aliphatic rings. The van der Waals surface area contributed by atoms with E-state index in [1.807, 2.05) is 13.0 Å². The van der Waals surface area contributed by atoms with Crippen LogP contribution in [0.5, 0.6) is 0 Å². The van der Waals surface area contributed by atoms with Crippen LogP contribution in [0.25, 0.3) is 10.2 Å². The predicted molar refractivity (Wildman–Crippen MR) is 130 cm³/mol. The van der Waals surface area contributed by atoms with E-state index in [0.29, 0.717) is 15.8 Å². The van der Waals surface area contributed by atoms with Crippen molar-refractivity contribution < 1.29 is 21.6 Å². The number of aromatic nitrogens is 3. The molecule has 0 fully saturated rings. The number of halogens is 1. The van der Waals surface area contributed by atoms with Crippen LogP contribution in [0.1, 0.15) is 21.6 Å². The Morgan fingerprint density at radius 3 is 2.56 bits per heavy atom. The molecule has 4 rings (SSSR count). The summed E-state index contributed by atoms with van der Waals surface area (Å²) in [7, 11) is -7.35. The Hall–Kier alpha value is -2.93. The van der Waals surface area contributed by atoms with Crippen molar-refractivity contribution in [2.75, 3.05) is 11.6 Å². The van der Waals surface area contributed by atoms with Crippen molar-refractivity contribution in [3.8, 4) is 0 Å². The third kappa shape index (κ3) is 5.25. The quantitative estimate of drug-likeness (QED) is 0.368. The summed E-state index contributed by atoms with van der Waals surface area (Å²) in [5.74, 6) is -1.11.